The monoisotopic (exact) mass is 139 g/mol. The first-order chi connectivity index (χ1) is 5.69. The van der Waals surface area contributed by atoms with Gasteiger partial charge in [-0.15, -0.1) is 0 Å². The molecule has 0 aromatic heterocycles. The van der Waals surface area contributed by atoms with E-state index in [0.29, 0.717) is 11.4 Å². The van der Waals surface area contributed by atoms with Gasteiger partial charge in [-0.2, -0.15) is 0 Å². The molecule has 1 N–H and O–H groups in total. The lowest BCUT2D eigenvalue weighted by Crippen LogP contribution is -1.87. The Hall–Kier alpha value is -1.18. The zero-order valence-corrected chi connectivity index (χ0v) is 6.06. The summed E-state index contributed by atoms with van der Waals surface area (Å²) in [5.41, 5.74) is 0.524. The summed E-state index contributed by atoms with van der Waals surface area (Å²) in [5.74, 6) is 0.545. The Morgan fingerprint density at radius 2 is 2.10 bits per heavy atom. The molecule has 0 radical (unpaired) electrons. The summed E-state index contributed by atoms with van der Waals surface area (Å²) in [5, 5.41) is 2.78. The lowest BCUT2D eigenvalue weighted by Gasteiger charge is -2.00. The van der Waals surface area contributed by atoms with E-state index < -0.39 is 0 Å². The molecule has 10 heavy (non-hydrogen) atoms. The molecule has 2 nitrogen and oxygen atoms in total. The third-order valence-electron chi connectivity index (χ3n) is 1.20. The van der Waals surface area contributed by atoms with Gasteiger partial charge in [0, 0.05) is 12.7 Å². The Labute approximate surface area is 63.6 Å². The van der Waals surface area contributed by atoms with Gasteiger partial charge in [0.25, 0.3) is 0 Å². The first-order valence-electron chi connectivity index (χ1n) is 4.02. The van der Waals surface area contributed by atoms with E-state index in [1.165, 1.54) is 7.11 Å². The van der Waals surface area contributed by atoms with Gasteiger partial charge >= 0.3 is 0 Å². The summed E-state index contributed by atoms with van der Waals surface area (Å²) in [6, 6.07) is 3.71. The van der Waals surface area contributed by atoms with Crippen LogP contribution in [0.5, 0.6) is 5.75 Å². The summed E-state index contributed by atoms with van der Waals surface area (Å²) >= 11 is 0. The van der Waals surface area contributed by atoms with Crippen molar-refractivity contribution in [1.29, 1.82) is 0 Å². The van der Waals surface area contributed by atoms with Crippen LogP contribution in [0.3, 0.4) is 0 Å². The summed E-state index contributed by atoms with van der Waals surface area (Å²) in [6.45, 7) is 0. The number of methoxy groups -OCH3 is 1. The van der Waals surface area contributed by atoms with Gasteiger partial charge in [-0.1, -0.05) is 0 Å². The third kappa shape index (κ3) is 1.41. The second-order valence-electron chi connectivity index (χ2n) is 1.81. The number of anilines is 1. The molecule has 2 heteroatoms. The maximum Gasteiger partial charge on any atom is 0.119 e. The van der Waals surface area contributed by atoms with Crippen LogP contribution in [0, 0.1) is 0 Å². The molecule has 0 bridgehead atoms. The van der Waals surface area contributed by atoms with Crippen molar-refractivity contribution in [3.8, 4) is 5.75 Å². The number of benzene rings is 1. The van der Waals surface area contributed by atoms with Crippen molar-refractivity contribution >= 4 is 5.69 Å². The standard InChI is InChI=1S/C8H11NO/c1-9-7-3-5-8(10-2)6-4-7/h3-6,9H,1-2H3/i3D,4D. The van der Waals surface area contributed by atoms with E-state index >= 15 is 0 Å². The van der Waals surface area contributed by atoms with Crippen LogP contribution in [0.2, 0.25) is 0 Å². The average Bonchev–Trinajstić information content (AvgIpc) is 2.03. The molecule has 1 aromatic rings. The first kappa shape index (κ1) is 4.61. The SMILES string of the molecule is [2H]c1cc(OC)cc([2H])c1NC. The van der Waals surface area contributed by atoms with Crippen molar-refractivity contribution < 1.29 is 7.48 Å². The van der Waals surface area contributed by atoms with E-state index in [-0.39, 0.29) is 12.1 Å². The van der Waals surface area contributed by atoms with E-state index in [0.717, 1.165) is 0 Å². The van der Waals surface area contributed by atoms with Crippen molar-refractivity contribution in [2.75, 3.05) is 19.5 Å². The van der Waals surface area contributed by atoms with Gasteiger partial charge in [0.2, 0.25) is 0 Å². The fourth-order valence-electron chi connectivity index (χ4n) is 0.632. The Balaban J connectivity index is 3.18. The van der Waals surface area contributed by atoms with Crippen LogP contribution in [-0.2, 0) is 0 Å². The Morgan fingerprint density at radius 1 is 1.50 bits per heavy atom. The second kappa shape index (κ2) is 3.11. The summed E-state index contributed by atoms with van der Waals surface area (Å²) in [6.07, 6.45) is 0. The molecule has 0 aliphatic carbocycles. The fraction of sp³-hybridized carbons (Fsp3) is 0.250. The van der Waals surface area contributed by atoms with Crippen molar-refractivity contribution in [3.63, 3.8) is 0 Å². The molecule has 0 unspecified atom stereocenters. The van der Waals surface area contributed by atoms with Crippen molar-refractivity contribution in [3.05, 3.63) is 24.2 Å². The molecule has 1 rings (SSSR count). The number of nitrogens with one attached hydrogen (secondary N) is 1. The first-order valence-corrected chi connectivity index (χ1v) is 3.02. The molecule has 0 atom stereocenters. The minimum absolute atomic E-state index is 0.279. The number of hydrogen-bond acceptors (Lipinski definition) is 2. The largest absolute Gasteiger partial charge is 0.497 e. The minimum Gasteiger partial charge on any atom is -0.497 e. The van der Waals surface area contributed by atoms with Gasteiger partial charge in [0.15, 0.2) is 0 Å². The van der Waals surface area contributed by atoms with Gasteiger partial charge < -0.3 is 10.1 Å². The number of rotatable bonds is 2. The molecule has 0 heterocycles. The molecular weight excluding hydrogens is 126 g/mol. The van der Waals surface area contributed by atoms with E-state index in [1.54, 1.807) is 19.2 Å². The van der Waals surface area contributed by atoms with E-state index in [9.17, 15) is 0 Å². The molecule has 1 aromatic carbocycles. The van der Waals surface area contributed by atoms with Crippen molar-refractivity contribution in [2.24, 2.45) is 0 Å². The third-order valence-corrected chi connectivity index (χ3v) is 1.20. The summed E-state index contributed by atoms with van der Waals surface area (Å²) in [4.78, 5) is 0. The molecule has 0 spiro atoms. The van der Waals surface area contributed by atoms with Gasteiger partial charge in [-0.25, -0.2) is 0 Å². The highest BCUT2D eigenvalue weighted by molar-refractivity contribution is 5.45. The topological polar surface area (TPSA) is 21.3 Å². The number of ether oxygens (including phenoxy) is 1. The normalized spacial score (nSPS) is 11.8. The van der Waals surface area contributed by atoms with Crippen LogP contribution in [0.4, 0.5) is 5.69 Å². The highest BCUT2D eigenvalue weighted by atomic mass is 16.5. The van der Waals surface area contributed by atoms with Crippen LogP contribution in [0.25, 0.3) is 0 Å². The molecule has 0 amide bonds. The summed E-state index contributed by atoms with van der Waals surface area (Å²) in [7, 11) is 3.21. The predicted octanol–water partition coefficient (Wildman–Crippen LogP) is 1.74. The molecule has 0 fully saturated rings. The molecule has 0 saturated carbocycles. The van der Waals surface area contributed by atoms with Crippen molar-refractivity contribution in [2.45, 2.75) is 0 Å². The van der Waals surface area contributed by atoms with Crippen LogP contribution < -0.4 is 10.1 Å². The number of hydrogen-bond donors (Lipinski definition) is 1. The van der Waals surface area contributed by atoms with Gasteiger partial charge in [0.1, 0.15) is 5.75 Å². The Kier molecular flexibility index (Phi) is 1.43. The van der Waals surface area contributed by atoms with Crippen molar-refractivity contribution in [1.82, 2.24) is 0 Å². The average molecular weight is 139 g/mol. The second-order valence-corrected chi connectivity index (χ2v) is 1.81. The molecule has 0 aliphatic heterocycles. The Bertz CT molecular complexity index is 265. The molecule has 54 valence electrons. The highest BCUT2D eigenvalue weighted by Gasteiger charge is 1.88. The minimum atomic E-state index is 0.279. The predicted molar refractivity (Wildman–Crippen MR) is 42.5 cm³/mol. The van der Waals surface area contributed by atoms with E-state index in [4.69, 9.17) is 7.48 Å². The highest BCUT2D eigenvalue weighted by Crippen LogP contribution is 2.13. The zero-order valence-electron chi connectivity index (χ0n) is 8.06. The maximum absolute atomic E-state index is 7.49. The maximum atomic E-state index is 7.49. The summed E-state index contributed by atoms with van der Waals surface area (Å²) < 4.78 is 19.9. The molecule has 0 aliphatic rings. The zero-order chi connectivity index (χ0) is 9.14. The van der Waals surface area contributed by atoms with E-state index in [2.05, 4.69) is 5.32 Å². The smallest absolute Gasteiger partial charge is 0.119 e. The van der Waals surface area contributed by atoms with Gasteiger partial charge in [-0.05, 0) is 24.2 Å². The molecular formula is C8H11NO. The quantitative estimate of drug-likeness (QED) is 0.673. The fourth-order valence-corrected chi connectivity index (χ4v) is 0.632. The van der Waals surface area contributed by atoms with Crippen LogP contribution in [-0.4, -0.2) is 14.2 Å². The molecule has 0 saturated heterocycles. The van der Waals surface area contributed by atoms with Gasteiger partial charge in [-0.3, -0.25) is 0 Å². The van der Waals surface area contributed by atoms with Gasteiger partial charge in [0.05, 0.1) is 9.85 Å². The Morgan fingerprint density at radius 3 is 2.50 bits per heavy atom. The van der Waals surface area contributed by atoms with Crippen LogP contribution in [0.1, 0.15) is 2.74 Å². The van der Waals surface area contributed by atoms with Crippen LogP contribution in [0.15, 0.2) is 24.2 Å². The van der Waals surface area contributed by atoms with Crippen LogP contribution >= 0.6 is 0 Å². The lowest BCUT2D eigenvalue weighted by atomic mass is 10.3. The lowest BCUT2D eigenvalue weighted by molar-refractivity contribution is 0.415. The van der Waals surface area contributed by atoms with E-state index in [1.807, 2.05) is 0 Å².